The highest BCUT2D eigenvalue weighted by Gasteiger charge is 2.19. The van der Waals surface area contributed by atoms with Gasteiger partial charge in [-0.2, -0.15) is 0 Å². The van der Waals surface area contributed by atoms with E-state index in [4.69, 9.17) is 23.2 Å². The molecular weight excluding hydrogens is 391 g/mol. The summed E-state index contributed by atoms with van der Waals surface area (Å²) in [5.74, 6) is -0.146. The van der Waals surface area contributed by atoms with Gasteiger partial charge in [-0.25, -0.2) is 0 Å². The molecule has 0 saturated carbocycles. The van der Waals surface area contributed by atoms with Gasteiger partial charge >= 0.3 is 0 Å². The summed E-state index contributed by atoms with van der Waals surface area (Å²) in [6.07, 6.45) is 2.28. The molecule has 3 N–H and O–H groups in total. The number of carbonyl (C=O) groups is 3. The van der Waals surface area contributed by atoms with E-state index in [1.807, 2.05) is 4.90 Å². The van der Waals surface area contributed by atoms with Crippen LogP contribution < -0.4 is 15.5 Å². The van der Waals surface area contributed by atoms with Gasteiger partial charge in [0.2, 0.25) is 5.91 Å². The Kier molecular flexibility index (Phi) is 8.34. The van der Waals surface area contributed by atoms with Crippen LogP contribution in [-0.2, 0) is 14.4 Å². The number of likely N-dealkylation sites (N-methyl/N-ethyl adjacent to an activating group) is 1. The molecule has 2 rings (SSSR count). The molecule has 0 bridgehead atoms. The largest absolute Gasteiger partial charge is 0.351 e. The van der Waals surface area contributed by atoms with Gasteiger partial charge in [-0.15, -0.1) is 0 Å². The standard InChI is InChI=1S/C18H24Cl2N4O3/c1-23(12-17(26)22-13-5-6-14(19)15(20)10-13)11-16(25)21-7-3-9-24-8-2-4-18(24)27/h5-6,10H,2-4,7-9,11-12H2,1H3,(H,21,25)(H,22,26)/p+1. The van der Waals surface area contributed by atoms with E-state index in [2.05, 4.69) is 10.6 Å². The number of nitrogens with one attached hydrogen (secondary N) is 3. The Hall–Kier alpha value is -1.83. The minimum Gasteiger partial charge on any atom is -0.351 e. The van der Waals surface area contributed by atoms with Crippen LogP contribution in [0, 0.1) is 0 Å². The Morgan fingerprint density at radius 1 is 1.19 bits per heavy atom. The molecule has 148 valence electrons. The summed E-state index contributed by atoms with van der Waals surface area (Å²) in [5, 5.41) is 6.34. The fraction of sp³-hybridized carbons (Fsp3) is 0.500. The molecule has 27 heavy (non-hydrogen) atoms. The third-order valence-corrected chi connectivity index (χ3v) is 4.97. The van der Waals surface area contributed by atoms with E-state index in [1.54, 1.807) is 25.2 Å². The lowest BCUT2D eigenvalue weighted by atomic mass is 10.3. The average Bonchev–Trinajstić information content (AvgIpc) is 3.00. The van der Waals surface area contributed by atoms with Crippen molar-refractivity contribution in [3.05, 3.63) is 28.2 Å². The molecule has 9 heteroatoms. The van der Waals surface area contributed by atoms with Gasteiger partial charge in [0.05, 0.1) is 17.1 Å². The molecule has 0 aliphatic carbocycles. The zero-order valence-corrected chi connectivity index (χ0v) is 16.8. The third kappa shape index (κ3) is 7.36. The summed E-state index contributed by atoms with van der Waals surface area (Å²) in [5.41, 5.74) is 0.558. The highest BCUT2D eigenvalue weighted by Crippen LogP contribution is 2.24. The Morgan fingerprint density at radius 3 is 2.59 bits per heavy atom. The Balaban J connectivity index is 1.62. The van der Waals surface area contributed by atoms with Gasteiger partial charge in [0.1, 0.15) is 0 Å². The minimum absolute atomic E-state index is 0.123. The van der Waals surface area contributed by atoms with E-state index >= 15 is 0 Å². The van der Waals surface area contributed by atoms with Crippen molar-refractivity contribution >= 4 is 46.6 Å². The number of rotatable bonds is 9. The van der Waals surface area contributed by atoms with Crippen LogP contribution in [0.25, 0.3) is 0 Å². The second kappa shape index (κ2) is 10.5. The predicted octanol–water partition coefficient (Wildman–Crippen LogP) is 0.575. The lowest BCUT2D eigenvalue weighted by Crippen LogP contribution is -3.11. The van der Waals surface area contributed by atoms with Crippen LogP contribution in [-0.4, -0.2) is 62.4 Å². The highest BCUT2D eigenvalue weighted by molar-refractivity contribution is 6.42. The molecular formula is C18H25Cl2N4O3+. The van der Waals surface area contributed by atoms with Crippen molar-refractivity contribution in [3.8, 4) is 0 Å². The molecule has 1 aliphatic rings. The van der Waals surface area contributed by atoms with Gasteiger partial charge in [-0.1, -0.05) is 23.2 Å². The van der Waals surface area contributed by atoms with E-state index in [9.17, 15) is 14.4 Å². The number of nitrogens with zero attached hydrogens (tertiary/aromatic N) is 1. The number of likely N-dealkylation sites (tertiary alicyclic amines) is 1. The Labute approximate surface area is 169 Å². The van der Waals surface area contributed by atoms with Crippen LogP contribution in [0.1, 0.15) is 19.3 Å². The van der Waals surface area contributed by atoms with Crippen LogP contribution in [0.5, 0.6) is 0 Å². The van der Waals surface area contributed by atoms with E-state index in [0.717, 1.165) is 24.3 Å². The lowest BCUT2D eigenvalue weighted by molar-refractivity contribution is -0.862. The maximum atomic E-state index is 12.1. The van der Waals surface area contributed by atoms with Crippen LogP contribution in [0.2, 0.25) is 10.0 Å². The van der Waals surface area contributed by atoms with Gasteiger partial charge in [-0.3, -0.25) is 14.4 Å². The van der Waals surface area contributed by atoms with Gasteiger partial charge < -0.3 is 20.4 Å². The molecule has 1 aromatic carbocycles. The molecule has 1 atom stereocenters. The van der Waals surface area contributed by atoms with Crippen molar-refractivity contribution in [2.24, 2.45) is 0 Å². The van der Waals surface area contributed by atoms with E-state index in [-0.39, 0.29) is 30.8 Å². The molecule has 1 heterocycles. The summed E-state index contributed by atoms with van der Waals surface area (Å²) in [7, 11) is 1.77. The summed E-state index contributed by atoms with van der Waals surface area (Å²) in [4.78, 5) is 38.1. The molecule has 0 spiro atoms. The third-order valence-electron chi connectivity index (χ3n) is 4.23. The molecule has 1 fully saturated rings. The number of amides is 3. The summed E-state index contributed by atoms with van der Waals surface area (Å²) in [6.45, 7) is 2.35. The van der Waals surface area contributed by atoms with Gasteiger partial charge in [0.25, 0.3) is 11.8 Å². The first-order valence-corrected chi connectivity index (χ1v) is 9.71. The Morgan fingerprint density at radius 2 is 1.93 bits per heavy atom. The van der Waals surface area contributed by atoms with Gasteiger partial charge in [-0.05, 0) is 31.0 Å². The molecule has 1 saturated heterocycles. The van der Waals surface area contributed by atoms with Crippen molar-refractivity contribution in [3.63, 3.8) is 0 Å². The topological polar surface area (TPSA) is 83.0 Å². The van der Waals surface area contributed by atoms with E-state index in [1.165, 1.54) is 0 Å². The van der Waals surface area contributed by atoms with Crippen molar-refractivity contribution < 1.29 is 19.3 Å². The minimum atomic E-state index is -0.216. The first-order chi connectivity index (χ1) is 12.8. The van der Waals surface area contributed by atoms with Gasteiger partial charge in [0.15, 0.2) is 13.1 Å². The maximum absolute atomic E-state index is 12.1. The summed E-state index contributed by atoms with van der Waals surface area (Å²) < 4.78 is 0. The van der Waals surface area contributed by atoms with Crippen molar-refractivity contribution in [2.75, 3.05) is 45.1 Å². The molecule has 1 unspecified atom stereocenters. The van der Waals surface area contributed by atoms with Gasteiger partial charge in [0, 0.05) is 31.7 Å². The number of hydrogen-bond acceptors (Lipinski definition) is 3. The first kappa shape index (κ1) is 21.5. The zero-order valence-electron chi connectivity index (χ0n) is 15.3. The quantitative estimate of drug-likeness (QED) is 0.515. The Bertz CT molecular complexity index is 699. The molecule has 0 radical (unpaired) electrons. The fourth-order valence-corrected chi connectivity index (χ4v) is 3.19. The summed E-state index contributed by atoms with van der Waals surface area (Å²) >= 11 is 11.8. The summed E-state index contributed by atoms with van der Waals surface area (Å²) in [6, 6.07) is 4.85. The number of halogens is 2. The zero-order chi connectivity index (χ0) is 19.8. The first-order valence-electron chi connectivity index (χ1n) is 8.96. The highest BCUT2D eigenvalue weighted by atomic mass is 35.5. The molecule has 1 aromatic rings. The average molecular weight is 416 g/mol. The number of quaternary nitrogens is 1. The van der Waals surface area contributed by atoms with Crippen molar-refractivity contribution in [1.29, 1.82) is 0 Å². The van der Waals surface area contributed by atoms with Crippen LogP contribution in [0.4, 0.5) is 5.69 Å². The van der Waals surface area contributed by atoms with E-state index < -0.39 is 0 Å². The van der Waals surface area contributed by atoms with Crippen LogP contribution in [0.3, 0.4) is 0 Å². The molecule has 7 nitrogen and oxygen atoms in total. The van der Waals surface area contributed by atoms with Crippen LogP contribution >= 0.6 is 23.2 Å². The van der Waals surface area contributed by atoms with Crippen LogP contribution in [0.15, 0.2) is 18.2 Å². The number of hydrogen-bond donors (Lipinski definition) is 3. The maximum Gasteiger partial charge on any atom is 0.279 e. The SMILES string of the molecule is C[NH+](CC(=O)NCCCN1CCCC1=O)CC(=O)Nc1ccc(Cl)c(Cl)c1. The molecule has 3 amide bonds. The second-order valence-electron chi connectivity index (χ2n) is 6.68. The number of benzene rings is 1. The molecule has 1 aliphatic heterocycles. The number of carbonyl (C=O) groups excluding carboxylic acids is 3. The smallest absolute Gasteiger partial charge is 0.279 e. The van der Waals surface area contributed by atoms with Crippen molar-refractivity contribution in [1.82, 2.24) is 10.2 Å². The fourth-order valence-electron chi connectivity index (χ4n) is 2.89. The molecule has 0 aromatic heterocycles. The van der Waals surface area contributed by atoms with Crippen molar-refractivity contribution in [2.45, 2.75) is 19.3 Å². The number of anilines is 1. The van der Waals surface area contributed by atoms with E-state index in [0.29, 0.717) is 35.2 Å². The predicted molar refractivity (Wildman–Crippen MR) is 105 cm³/mol. The second-order valence-corrected chi connectivity index (χ2v) is 7.49. The normalized spacial score (nSPS) is 14.9. The monoisotopic (exact) mass is 415 g/mol. The lowest BCUT2D eigenvalue weighted by Gasteiger charge is -2.16.